The van der Waals surface area contributed by atoms with Gasteiger partial charge in [-0.25, -0.2) is 0 Å². The summed E-state index contributed by atoms with van der Waals surface area (Å²) in [5.41, 5.74) is 12.8. The van der Waals surface area contributed by atoms with Crippen molar-refractivity contribution in [2.75, 3.05) is 23.4 Å². The Morgan fingerprint density at radius 3 is 2.25 bits per heavy atom. The molecule has 0 bridgehead atoms. The van der Waals surface area contributed by atoms with Gasteiger partial charge in [0.1, 0.15) is 6.26 Å². The van der Waals surface area contributed by atoms with Gasteiger partial charge in [0.05, 0.1) is 12.0 Å². The number of nitrogens with zero attached hydrogens (tertiary/aromatic N) is 4. The van der Waals surface area contributed by atoms with E-state index < -0.39 is 0 Å². The average Bonchev–Trinajstić information content (AvgIpc) is 2.62. The largest absolute Gasteiger partial charge is 0.470 e. The van der Waals surface area contributed by atoms with Crippen molar-refractivity contribution in [3.63, 3.8) is 0 Å². The van der Waals surface area contributed by atoms with E-state index in [-0.39, 0.29) is 11.9 Å². The second-order valence-corrected chi connectivity index (χ2v) is 3.35. The van der Waals surface area contributed by atoms with Crippen LogP contribution in [0.2, 0.25) is 0 Å². The van der Waals surface area contributed by atoms with Crippen molar-refractivity contribution >= 4 is 23.5 Å². The lowest BCUT2D eigenvalue weighted by Gasteiger charge is -2.15. The molecule has 0 unspecified atom stereocenters. The lowest BCUT2D eigenvalue weighted by Crippen LogP contribution is -2.16. The molecule has 0 amide bonds. The number of nitrogen functional groups attached to an aromatic ring is 2. The molecule has 0 atom stereocenters. The molecule has 0 aliphatic carbocycles. The predicted molar refractivity (Wildman–Crippen MR) is 60.2 cm³/mol. The third-order valence-corrected chi connectivity index (χ3v) is 2.15. The Kier molecular flexibility index (Phi) is 2.35. The zero-order valence-electron chi connectivity index (χ0n) is 9.01. The minimum atomic E-state index is 0.0931. The van der Waals surface area contributed by atoms with Crippen LogP contribution in [0.1, 0.15) is 5.56 Å². The molecule has 16 heavy (non-hydrogen) atoms. The van der Waals surface area contributed by atoms with Crippen LogP contribution in [0.25, 0.3) is 0 Å². The van der Waals surface area contributed by atoms with Crippen molar-refractivity contribution in [2.24, 2.45) is 0 Å². The summed E-state index contributed by atoms with van der Waals surface area (Å²) in [5.74, 6) is 0.570. The fraction of sp³-hybridized carbons (Fsp3) is 0.222. The van der Waals surface area contributed by atoms with Gasteiger partial charge in [0.2, 0.25) is 17.8 Å². The maximum atomic E-state index is 5.50. The minimum absolute atomic E-state index is 0.0931. The summed E-state index contributed by atoms with van der Waals surface area (Å²) in [6.07, 6.45) is 3.24. The first kappa shape index (κ1) is 10.2. The van der Waals surface area contributed by atoms with Gasteiger partial charge in [0.15, 0.2) is 0 Å². The van der Waals surface area contributed by atoms with Gasteiger partial charge in [-0.3, -0.25) is 0 Å². The van der Waals surface area contributed by atoms with E-state index in [2.05, 4.69) is 15.0 Å². The van der Waals surface area contributed by atoms with Gasteiger partial charge >= 0.3 is 0 Å². The Hall–Kier alpha value is -2.31. The number of hydrogen-bond acceptors (Lipinski definition) is 7. The van der Waals surface area contributed by atoms with Crippen LogP contribution in [0.15, 0.2) is 16.9 Å². The molecule has 2 aromatic heterocycles. The Balaban J connectivity index is 2.41. The summed E-state index contributed by atoms with van der Waals surface area (Å²) in [7, 11) is 1.80. The standard InChI is InChI=1S/C9H12N6O/c1-5-3-16-4-6(5)15(2)9-13-7(10)12-8(11)14-9/h3-4H,1-2H3,(H4,10,11,12,13,14). The minimum Gasteiger partial charge on any atom is -0.470 e. The van der Waals surface area contributed by atoms with E-state index in [4.69, 9.17) is 15.9 Å². The topological polar surface area (TPSA) is 107 Å². The van der Waals surface area contributed by atoms with Crippen LogP contribution in [-0.2, 0) is 0 Å². The number of nitrogens with two attached hydrogens (primary N) is 2. The van der Waals surface area contributed by atoms with Gasteiger partial charge in [-0.15, -0.1) is 0 Å². The number of aromatic nitrogens is 3. The molecule has 0 saturated carbocycles. The number of anilines is 4. The normalized spacial score (nSPS) is 10.4. The highest BCUT2D eigenvalue weighted by atomic mass is 16.3. The van der Waals surface area contributed by atoms with Crippen molar-refractivity contribution in [2.45, 2.75) is 6.92 Å². The van der Waals surface area contributed by atoms with E-state index in [1.807, 2.05) is 6.92 Å². The van der Waals surface area contributed by atoms with Crippen LogP contribution in [-0.4, -0.2) is 22.0 Å². The predicted octanol–water partition coefficient (Wildman–Crippen LogP) is 0.705. The molecule has 0 saturated heterocycles. The van der Waals surface area contributed by atoms with Crippen molar-refractivity contribution in [3.05, 3.63) is 18.1 Å². The van der Waals surface area contributed by atoms with Gasteiger partial charge in [0, 0.05) is 12.6 Å². The Bertz CT molecular complexity index is 488. The van der Waals surface area contributed by atoms with Gasteiger partial charge < -0.3 is 20.8 Å². The summed E-state index contributed by atoms with van der Waals surface area (Å²) in [6.45, 7) is 1.92. The van der Waals surface area contributed by atoms with Crippen molar-refractivity contribution < 1.29 is 4.42 Å². The highest BCUT2D eigenvalue weighted by Gasteiger charge is 2.12. The molecule has 0 radical (unpaired) electrons. The lowest BCUT2D eigenvalue weighted by molar-refractivity contribution is 0.565. The first-order valence-corrected chi connectivity index (χ1v) is 4.61. The molecule has 0 aliphatic heterocycles. The number of furan rings is 1. The summed E-state index contributed by atoms with van der Waals surface area (Å²) in [4.78, 5) is 13.4. The summed E-state index contributed by atoms with van der Waals surface area (Å²) in [5, 5.41) is 0. The average molecular weight is 220 g/mol. The second kappa shape index (κ2) is 3.69. The molecule has 2 heterocycles. The zero-order valence-corrected chi connectivity index (χ0v) is 9.01. The molecule has 0 fully saturated rings. The van der Waals surface area contributed by atoms with Crippen LogP contribution in [0.3, 0.4) is 0 Å². The van der Waals surface area contributed by atoms with Crippen LogP contribution in [0.4, 0.5) is 23.5 Å². The molecule has 2 aromatic rings. The van der Waals surface area contributed by atoms with Crippen molar-refractivity contribution in [1.82, 2.24) is 15.0 Å². The molecular formula is C9H12N6O. The molecule has 7 nitrogen and oxygen atoms in total. The van der Waals surface area contributed by atoms with Gasteiger partial charge in [-0.05, 0) is 6.92 Å². The van der Waals surface area contributed by atoms with Gasteiger partial charge in [-0.2, -0.15) is 15.0 Å². The summed E-state index contributed by atoms with van der Waals surface area (Å²) in [6, 6.07) is 0. The molecule has 0 aliphatic rings. The third-order valence-electron chi connectivity index (χ3n) is 2.15. The molecular weight excluding hydrogens is 208 g/mol. The van der Waals surface area contributed by atoms with Crippen molar-refractivity contribution in [1.29, 1.82) is 0 Å². The first-order valence-electron chi connectivity index (χ1n) is 4.61. The molecule has 0 spiro atoms. The van der Waals surface area contributed by atoms with Gasteiger partial charge in [-0.1, -0.05) is 0 Å². The number of hydrogen-bond donors (Lipinski definition) is 2. The van der Waals surface area contributed by atoms with Gasteiger partial charge in [0.25, 0.3) is 0 Å². The molecule has 0 aromatic carbocycles. The summed E-state index contributed by atoms with van der Waals surface area (Å²) >= 11 is 0. The van der Waals surface area contributed by atoms with Crippen LogP contribution in [0, 0.1) is 6.92 Å². The molecule has 84 valence electrons. The van der Waals surface area contributed by atoms with Crippen LogP contribution in [0.5, 0.6) is 0 Å². The quantitative estimate of drug-likeness (QED) is 0.767. The van der Waals surface area contributed by atoms with E-state index in [0.29, 0.717) is 5.95 Å². The number of rotatable bonds is 2. The SMILES string of the molecule is Cc1cocc1N(C)c1nc(N)nc(N)n1. The highest BCUT2D eigenvalue weighted by molar-refractivity contribution is 5.60. The maximum absolute atomic E-state index is 5.50. The fourth-order valence-electron chi connectivity index (χ4n) is 1.35. The van der Waals surface area contributed by atoms with Crippen molar-refractivity contribution in [3.8, 4) is 0 Å². The Labute approximate surface area is 92.1 Å². The van der Waals surface area contributed by atoms with E-state index in [1.54, 1.807) is 24.5 Å². The van der Waals surface area contributed by atoms with Crippen LogP contribution >= 0.6 is 0 Å². The maximum Gasteiger partial charge on any atom is 0.236 e. The third kappa shape index (κ3) is 1.74. The molecule has 4 N–H and O–H groups in total. The Morgan fingerprint density at radius 1 is 1.12 bits per heavy atom. The highest BCUT2D eigenvalue weighted by Crippen LogP contribution is 2.25. The molecule has 7 heteroatoms. The van der Waals surface area contributed by atoms with E-state index in [0.717, 1.165) is 11.3 Å². The number of aryl methyl sites for hydroxylation is 1. The van der Waals surface area contributed by atoms with E-state index >= 15 is 0 Å². The second-order valence-electron chi connectivity index (χ2n) is 3.35. The first-order chi connectivity index (χ1) is 7.58. The van der Waals surface area contributed by atoms with E-state index in [1.165, 1.54) is 0 Å². The van der Waals surface area contributed by atoms with Crippen LogP contribution < -0.4 is 16.4 Å². The van der Waals surface area contributed by atoms with E-state index in [9.17, 15) is 0 Å². The lowest BCUT2D eigenvalue weighted by atomic mass is 10.3. The molecule has 2 rings (SSSR count). The summed E-state index contributed by atoms with van der Waals surface area (Å²) < 4.78 is 5.07. The Morgan fingerprint density at radius 2 is 1.75 bits per heavy atom. The monoisotopic (exact) mass is 220 g/mol. The fourth-order valence-corrected chi connectivity index (χ4v) is 1.35. The zero-order chi connectivity index (χ0) is 11.7. The smallest absolute Gasteiger partial charge is 0.236 e.